The Morgan fingerprint density at radius 1 is 1.10 bits per heavy atom. The van der Waals surface area contributed by atoms with E-state index in [9.17, 15) is 0 Å². The van der Waals surface area contributed by atoms with Crippen LogP contribution < -0.4 is 0 Å². The van der Waals surface area contributed by atoms with Crippen LogP contribution in [0.4, 0.5) is 0 Å². The van der Waals surface area contributed by atoms with Gasteiger partial charge in [0, 0.05) is 6.61 Å². The van der Waals surface area contributed by atoms with Gasteiger partial charge in [-0.3, -0.25) is 0 Å². The van der Waals surface area contributed by atoms with Crippen LogP contribution in [0.25, 0.3) is 0 Å². The van der Waals surface area contributed by atoms with E-state index < -0.39 is 0 Å². The summed E-state index contributed by atoms with van der Waals surface area (Å²) < 4.78 is 11.6. The summed E-state index contributed by atoms with van der Waals surface area (Å²) in [4.78, 5) is 0. The molecule has 0 heterocycles. The molecule has 3 saturated carbocycles. The second-order valence-corrected chi connectivity index (χ2v) is 7.10. The quantitative estimate of drug-likeness (QED) is 0.495. The van der Waals surface area contributed by atoms with Crippen molar-refractivity contribution in [3.05, 3.63) is 25.3 Å². The van der Waals surface area contributed by atoms with Crippen molar-refractivity contribution in [3.8, 4) is 0 Å². The molecular formula is C18H28O2. The lowest BCUT2D eigenvalue weighted by Gasteiger charge is -2.35. The van der Waals surface area contributed by atoms with Crippen molar-refractivity contribution in [2.45, 2.75) is 32.1 Å². The minimum atomic E-state index is 0.492. The summed E-state index contributed by atoms with van der Waals surface area (Å²) in [6.45, 7) is 10.8. The van der Waals surface area contributed by atoms with Gasteiger partial charge in [-0.25, -0.2) is 0 Å². The lowest BCUT2D eigenvalue weighted by molar-refractivity contribution is 0.0213. The number of ether oxygens (including phenoxy) is 2. The van der Waals surface area contributed by atoms with Gasteiger partial charge in [0.05, 0.1) is 19.8 Å². The maximum Gasteiger partial charge on any atom is 0.0645 e. The Hall–Kier alpha value is -0.600. The van der Waals surface area contributed by atoms with E-state index in [1.165, 1.54) is 32.1 Å². The van der Waals surface area contributed by atoms with Gasteiger partial charge < -0.3 is 9.47 Å². The van der Waals surface area contributed by atoms with Crippen molar-refractivity contribution >= 4 is 0 Å². The van der Waals surface area contributed by atoms with E-state index in [4.69, 9.17) is 9.47 Å². The Morgan fingerprint density at radius 3 is 2.70 bits per heavy atom. The second-order valence-electron chi connectivity index (χ2n) is 7.10. The van der Waals surface area contributed by atoms with Gasteiger partial charge in [-0.1, -0.05) is 12.2 Å². The molecule has 2 heteroatoms. The molecule has 5 atom stereocenters. The molecule has 3 aliphatic rings. The third-order valence-electron chi connectivity index (χ3n) is 6.00. The van der Waals surface area contributed by atoms with Crippen molar-refractivity contribution < 1.29 is 9.47 Å². The highest BCUT2D eigenvalue weighted by atomic mass is 16.5. The molecule has 0 saturated heterocycles. The van der Waals surface area contributed by atoms with Crippen LogP contribution >= 0.6 is 0 Å². The third kappa shape index (κ3) is 2.48. The van der Waals surface area contributed by atoms with Gasteiger partial charge in [0.2, 0.25) is 0 Å². The summed E-state index contributed by atoms with van der Waals surface area (Å²) in [5.41, 5.74) is 0.492. The Bertz CT molecular complexity index is 364. The monoisotopic (exact) mass is 276 g/mol. The third-order valence-corrected chi connectivity index (χ3v) is 6.00. The van der Waals surface area contributed by atoms with Crippen molar-refractivity contribution in [2.24, 2.45) is 29.1 Å². The molecule has 3 rings (SSSR count). The topological polar surface area (TPSA) is 18.5 Å². The SMILES string of the molecule is C=CCOCC1CC2C3CCC(COCC=C)(C3)C2C1. The summed E-state index contributed by atoms with van der Waals surface area (Å²) >= 11 is 0. The first-order chi connectivity index (χ1) is 9.79. The first-order valence-corrected chi connectivity index (χ1v) is 8.16. The Kier molecular flexibility index (Phi) is 4.32. The van der Waals surface area contributed by atoms with Crippen LogP contribution in [0.2, 0.25) is 0 Å². The van der Waals surface area contributed by atoms with Crippen LogP contribution in [-0.2, 0) is 9.47 Å². The molecule has 2 nitrogen and oxygen atoms in total. The summed E-state index contributed by atoms with van der Waals surface area (Å²) in [7, 11) is 0. The summed E-state index contributed by atoms with van der Waals surface area (Å²) in [6.07, 6.45) is 10.7. The number of rotatable bonds is 8. The molecule has 112 valence electrons. The van der Waals surface area contributed by atoms with Gasteiger partial charge in [-0.2, -0.15) is 0 Å². The second kappa shape index (κ2) is 6.03. The fourth-order valence-electron chi connectivity index (χ4n) is 5.34. The lowest BCUT2D eigenvalue weighted by atomic mass is 9.72. The number of hydrogen-bond donors (Lipinski definition) is 0. The zero-order valence-corrected chi connectivity index (χ0v) is 12.6. The van der Waals surface area contributed by atoms with E-state index in [0.717, 1.165) is 36.9 Å². The molecule has 3 fully saturated rings. The summed E-state index contributed by atoms with van der Waals surface area (Å²) in [5.74, 6) is 3.58. The zero-order valence-electron chi connectivity index (χ0n) is 12.6. The fraction of sp³-hybridized carbons (Fsp3) is 0.778. The molecule has 0 aromatic rings. The van der Waals surface area contributed by atoms with E-state index in [2.05, 4.69) is 13.2 Å². The maximum absolute atomic E-state index is 5.87. The average Bonchev–Trinajstić information content (AvgIpc) is 3.10. The van der Waals surface area contributed by atoms with Crippen LogP contribution in [0.5, 0.6) is 0 Å². The van der Waals surface area contributed by atoms with E-state index in [1.54, 1.807) is 0 Å². The zero-order chi connectivity index (χ0) is 14.0. The smallest absolute Gasteiger partial charge is 0.0645 e. The molecule has 0 aromatic heterocycles. The lowest BCUT2D eigenvalue weighted by Crippen LogP contribution is -2.32. The molecule has 0 spiro atoms. The van der Waals surface area contributed by atoms with Crippen molar-refractivity contribution in [1.29, 1.82) is 0 Å². The maximum atomic E-state index is 5.87. The largest absolute Gasteiger partial charge is 0.377 e. The minimum absolute atomic E-state index is 0.492. The van der Waals surface area contributed by atoms with Crippen molar-refractivity contribution in [2.75, 3.05) is 26.4 Å². The van der Waals surface area contributed by atoms with E-state index >= 15 is 0 Å². The average molecular weight is 276 g/mol. The molecule has 0 amide bonds. The van der Waals surface area contributed by atoms with Crippen LogP contribution in [0.15, 0.2) is 25.3 Å². The van der Waals surface area contributed by atoms with Gasteiger partial charge in [0.15, 0.2) is 0 Å². The first-order valence-electron chi connectivity index (χ1n) is 8.16. The Labute approximate surface area is 123 Å². The first kappa shape index (κ1) is 14.3. The summed E-state index contributed by atoms with van der Waals surface area (Å²) in [5, 5.41) is 0. The summed E-state index contributed by atoms with van der Waals surface area (Å²) in [6, 6.07) is 0. The van der Waals surface area contributed by atoms with E-state index in [0.29, 0.717) is 18.6 Å². The standard InChI is InChI=1S/C18H28O2/c1-3-7-19-12-14-9-16-15-5-6-18(11-15,17(16)10-14)13-20-8-4-2/h3-4,14-17H,1-2,5-13H2. The van der Waals surface area contributed by atoms with Crippen LogP contribution in [0.1, 0.15) is 32.1 Å². The molecule has 0 aromatic carbocycles. The van der Waals surface area contributed by atoms with E-state index in [1.807, 2.05) is 12.2 Å². The minimum Gasteiger partial charge on any atom is -0.377 e. The normalized spacial score (nSPS) is 41.8. The highest BCUT2D eigenvalue weighted by Gasteiger charge is 2.60. The predicted molar refractivity (Wildman–Crippen MR) is 81.5 cm³/mol. The molecule has 20 heavy (non-hydrogen) atoms. The van der Waals surface area contributed by atoms with E-state index in [-0.39, 0.29) is 0 Å². The van der Waals surface area contributed by atoms with Crippen LogP contribution in [0, 0.1) is 29.1 Å². The molecule has 0 N–H and O–H groups in total. The molecule has 0 radical (unpaired) electrons. The highest BCUT2D eigenvalue weighted by Crippen LogP contribution is 2.66. The molecule has 0 aliphatic heterocycles. The van der Waals surface area contributed by atoms with Crippen molar-refractivity contribution in [3.63, 3.8) is 0 Å². The molecule has 2 bridgehead atoms. The van der Waals surface area contributed by atoms with Gasteiger partial charge in [-0.15, -0.1) is 13.2 Å². The van der Waals surface area contributed by atoms with Crippen LogP contribution in [0.3, 0.4) is 0 Å². The number of fused-ring (bicyclic) bond motifs is 5. The predicted octanol–water partition coefficient (Wildman–Crippen LogP) is 3.83. The van der Waals surface area contributed by atoms with Gasteiger partial charge in [-0.05, 0) is 61.2 Å². The van der Waals surface area contributed by atoms with Crippen molar-refractivity contribution in [1.82, 2.24) is 0 Å². The molecule has 3 aliphatic carbocycles. The number of hydrogen-bond acceptors (Lipinski definition) is 2. The van der Waals surface area contributed by atoms with Gasteiger partial charge in [0.1, 0.15) is 0 Å². The Balaban J connectivity index is 1.58. The van der Waals surface area contributed by atoms with Gasteiger partial charge >= 0.3 is 0 Å². The molecular weight excluding hydrogens is 248 g/mol. The van der Waals surface area contributed by atoms with Crippen LogP contribution in [-0.4, -0.2) is 26.4 Å². The highest BCUT2D eigenvalue weighted by molar-refractivity contribution is 5.09. The fourth-order valence-corrected chi connectivity index (χ4v) is 5.34. The Morgan fingerprint density at radius 2 is 1.90 bits per heavy atom. The molecule has 5 unspecified atom stereocenters. The van der Waals surface area contributed by atoms with Gasteiger partial charge in [0.25, 0.3) is 0 Å².